The predicted octanol–water partition coefficient (Wildman–Crippen LogP) is 5.15. The lowest BCUT2D eigenvalue weighted by molar-refractivity contribution is 0.374. The lowest BCUT2D eigenvalue weighted by Crippen LogP contribution is -2.34. The van der Waals surface area contributed by atoms with E-state index in [9.17, 15) is 4.39 Å². The molecule has 0 unspecified atom stereocenters. The molecule has 104 valence electrons. The van der Waals surface area contributed by atoms with Gasteiger partial charge in [0.05, 0.1) is 10.7 Å². The molecule has 0 aliphatic heterocycles. The number of anilines is 1. The predicted molar refractivity (Wildman–Crippen MR) is 82.0 cm³/mol. The summed E-state index contributed by atoms with van der Waals surface area (Å²) in [6.07, 6.45) is 2.13. The number of hydrogen-bond acceptors (Lipinski definition) is 1. The molecule has 0 atom stereocenters. The van der Waals surface area contributed by atoms with Gasteiger partial charge in [-0.05, 0) is 61.1 Å². The standard InChI is InChI=1S/C17H17ClFN/c1-11-2-7-17(16(18)8-11)20-15-9-13(10-15)12-3-5-14(19)6-4-12/h2-8,13,15,20H,9-10H2,1H3. The summed E-state index contributed by atoms with van der Waals surface area (Å²) in [5.74, 6) is 0.353. The Balaban J connectivity index is 1.59. The summed E-state index contributed by atoms with van der Waals surface area (Å²) in [5.41, 5.74) is 3.39. The Morgan fingerprint density at radius 1 is 1.10 bits per heavy atom. The van der Waals surface area contributed by atoms with Crippen molar-refractivity contribution in [1.29, 1.82) is 0 Å². The second-order valence-corrected chi connectivity index (χ2v) is 5.95. The minimum Gasteiger partial charge on any atom is -0.381 e. The maximum absolute atomic E-state index is 12.9. The van der Waals surface area contributed by atoms with E-state index < -0.39 is 0 Å². The molecule has 0 heterocycles. The summed E-state index contributed by atoms with van der Waals surface area (Å²) in [5, 5.41) is 4.25. The van der Waals surface area contributed by atoms with Crippen molar-refractivity contribution in [3.8, 4) is 0 Å². The van der Waals surface area contributed by atoms with Crippen molar-refractivity contribution >= 4 is 17.3 Å². The van der Waals surface area contributed by atoms with Crippen molar-refractivity contribution in [3.05, 3.63) is 64.4 Å². The Morgan fingerprint density at radius 3 is 2.45 bits per heavy atom. The third-order valence-corrected chi connectivity index (χ3v) is 4.28. The van der Waals surface area contributed by atoms with Gasteiger partial charge in [-0.3, -0.25) is 0 Å². The van der Waals surface area contributed by atoms with E-state index in [2.05, 4.69) is 11.4 Å². The van der Waals surface area contributed by atoms with Gasteiger partial charge in [-0.2, -0.15) is 0 Å². The molecule has 3 rings (SSSR count). The first-order valence-corrected chi connectivity index (χ1v) is 7.28. The second-order valence-electron chi connectivity index (χ2n) is 5.54. The van der Waals surface area contributed by atoms with Crippen molar-refractivity contribution in [2.45, 2.75) is 31.7 Å². The van der Waals surface area contributed by atoms with Gasteiger partial charge in [-0.1, -0.05) is 29.8 Å². The van der Waals surface area contributed by atoms with Gasteiger partial charge in [0.2, 0.25) is 0 Å². The van der Waals surface area contributed by atoms with Gasteiger partial charge in [-0.25, -0.2) is 4.39 Å². The van der Waals surface area contributed by atoms with Gasteiger partial charge < -0.3 is 5.32 Å². The number of hydrogen-bond donors (Lipinski definition) is 1. The molecule has 1 aliphatic carbocycles. The summed E-state index contributed by atoms with van der Waals surface area (Å²) in [6, 6.07) is 13.3. The van der Waals surface area contributed by atoms with Gasteiger partial charge in [-0.15, -0.1) is 0 Å². The van der Waals surface area contributed by atoms with Gasteiger partial charge >= 0.3 is 0 Å². The first kappa shape index (κ1) is 13.4. The quantitative estimate of drug-likeness (QED) is 0.824. The Hall–Kier alpha value is -1.54. The molecular weight excluding hydrogens is 273 g/mol. The van der Waals surface area contributed by atoms with Crippen LogP contribution in [0.1, 0.15) is 29.9 Å². The van der Waals surface area contributed by atoms with Crippen LogP contribution in [-0.4, -0.2) is 6.04 Å². The minimum atomic E-state index is -0.172. The molecule has 1 saturated carbocycles. The van der Waals surface area contributed by atoms with E-state index in [1.165, 1.54) is 23.3 Å². The zero-order valence-corrected chi connectivity index (χ0v) is 12.1. The third-order valence-electron chi connectivity index (χ3n) is 3.96. The second kappa shape index (κ2) is 5.45. The number of aryl methyl sites for hydroxylation is 1. The molecule has 2 aromatic carbocycles. The first-order chi connectivity index (χ1) is 9.61. The molecule has 0 spiro atoms. The number of benzene rings is 2. The lowest BCUT2D eigenvalue weighted by atomic mass is 9.76. The molecule has 20 heavy (non-hydrogen) atoms. The Bertz CT molecular complexity index is 603. The molecule has 1 N–H and O–H groups in total. The van der Waals surface area contributed by atoms with Crippen molar-refractivity contribution in [1.82, 2.24) is 0 Å². The van der Waals surface area contributed by atoms with E-state index in [0.29, 0.717) is 12.0 Å². The normalized spacial score (nSPS) is 21.4. The smallest absolute Gasteiger partial charge is 0.123 e. The highest BCUT2D eigenvalue weighted by atomic mass is 35.5. The molecule has 0 aromatic heterocycles. The fraction of sp³-hybridized carbons (Fsp3) is 0.294. The summed E-state index contributed by atoms with van der Waals surface area (Å²) >= 11 is 6.22. The van der Waals surface area contributed by atoms with Crippen LogP contribution in [0.4, 0.5) is 10.1 Å². The SMILES string of the molecule is Cc1ccc(NC2CC(c3ccc(F)cc3)C2)c(Cl)c1. The zero-order valence-electron chi connectivity index (χ0n) is 11.4. The third kappa shape index (κ3) is 2.80. The van der Waals surface area contributed by atoms with Crippen LogP contribution in [0.15, 0.2) is 42.5 Å². The van der Waals surface area contributed by atoms with Crippen LogP contribution in [0.5, 0.6) is 0 Å². The first-order valence-electron chi connectivity index (χ1n) is 6.90. The van der Waals surface area contributed by atoms with Crippen LogP contribution in [0.25, 0.3) is 0 Å². The molecule has 0 radical (unpaired) electrons. The van der Waals surface area contributed by atoms with Gasteiger partial charge in [0, 0.05) is 6.04 Å². The topological polar surface area (TPSA) is 12.0 Å². The van der Waals surface area contributed by atoms with E-state index in [0.717, 1.165) is 23.6 Å². The van der Waals surface area contributed by atoms with Crippen molar-refractivity contribution < 1.29 is 4.39 Å². The van der Waals surface area contributed by atoms with E-state index in [-0.39, 0.29) is 5.82 Å². The van der Waals surface area contributed by atoms with Crippen LogP contribution in [0.2, 0.25) is 5.02 Å². The lowest BCUT2D eigenvalue weighted by Gasteiger charge is -2.37. The summed E-state index contributed by atoms with van der Waals surface area (Å²) in [4.78, 5) is 0. The number of rotatable bonds is 3. The molecule has 1 fully saturated rings. The Morgan fingerprint density at radius 2 is 1.80 bits per heavy atom. The Kier molecular flexibility index (Phi) is 3.66. The van der Waals surface area contributed by atoms with Crippen molar-refractivity contribution in [2.24, 2.45) is 0 Å². The number of halogens is 2. The highest BCUT2D eigenvalue weighted by molar-refractivity contribution is 6.33. The molecule has 1 nitrogen and oxygen atoms in total. The minimum absolute atomic E-state index is 0.172. The molecule has 1 aliphatic rings. The average Bonchev–Trinajstić information content (AvgIpc) is 2.37. The van der Waals surface area contributed by atoms with Crippen LogP contribution < -0.4 is 5.32 Å². The molecule has 0 bridgehead atoms. The average molecular weight is 290 g/mol. The molecule has 3 heteroatoms. The van der Waals surface area contributed by atoms with E-state index in [1.54, 1.807) is 0 Å². The van der Waals surface area contributed by atoms with Gasteiger partial charge in [0.25, 0.3) is 0 Å². The summed E-state index contributed by atoms with van der Waals surface area (Å²) in [6.45, 7) is 2.03. The van der Waals surface area contributed by atoms with Crippen molar-refractivity contribution in [3.63, 3.8) is 0 Å². The largest absolute Gasteiger partial charge is 0.381 e. The van der Waals surface area contributed by atoms with Gasteiger partial charge in [0.1, 0.15) is 5.82 Å². The molecule has 0 saturated heterocycles. The van der Waals surface area contributed by atoms with Crippen LogP contribution in [0, 0.1) is 12.7 Å². The molecular formula is C17H17ClFN. The summed E-state index contributed by atoms with van der Waals surface area (Å²) in [7, 11) is 0. The van der Waals surface area contributed by atoms with E-state index in [1.807, 2.05) is 31.2 Å². The maximum atomic E-state index is 12.9. The molecule has 2 aromatic rings. The summed E-state index contributed by atoms with van der Waals surface area (Å²) < 4.78 is 12.9. The van der Waals surface area contributed by atoms with E-state index in [4.69, 9.17) is 11.6 Å². The van der Waals surface area contributed by atoms with Gasteiger partial charge in [0.15, 0.2) is 0 Å². The molecule has 0 amide bonds. The van der Waals surface area contributed by atoms with Crippen molar-refractivity contribution in [2.75, 3.05) is 5.32 Å². The maximum Gasteiger partial charge on any atom is 0.123 e. The zero-order chi connectivity index (χ0) is 14.1. The van der Waals surface area contributed by atoms with Crippen LogP contribution in [-0.2, 0) is 0 Å². The monoisotopic (exact) mass is 289 g/mol. The van der Waals surface area contributed by atoms with Crippen LogP contribution >= 0.6 is 11.6 Å². The van der Waals surface area contributed by atoms with E-state index >= 15 is 0 Å². The fourth-order valence-corrected chi connectivity index (χ4v) is 2.99. The number of nitrogens with one attached hydrogen (secondary N) is 1. The highest BCUT2D eigenvalue weighted by Crippen LogP contribution is 2.39. The van der Waals surface area contributed by atoms with Crippen LogP contribution in [0.3, 0.4) is 0 Å². The fourth-order valence-electron chi connectivity index (χ4n) is 2.70. The Labute approximate surface area is 123 Å². The highest BCUT2D eigenvalue weighted by Gasteiger charge is 2.30.